The quantitative estimate of drug-likeness (QED) is 0.674. The minimum Gasteiger partial charge on any atom is -0.390 e. The summed E-state index contributed by atoms with van der Waals surface area (Å²) in [5.41, 5.74) is 4.70. The number of nitrogens with zero attached hydrogens (tertiary/aromatic N) is 2. The number of hydrogen-bond acceptors (Lipinski definition) is 4. The van der Waals surface area contributed by atoms with Gasteiger partial charge in [-0.3, -0.25) is 0 Å². The van der Waals surface area contributed by atoms with Gasteiger partial charge in [-0.25, -0.2) is 14.8 Å². The van der Waals surface area contributed by atoms with Gasteiger partial charge in [0.05, 0.1) is 12.4 Å². The number of primary amides is 1. The molecule has 0 aromatic carbocycles. The summed E-state index contributed by atoms with van der Waals surface area (Å²) in [4.78, 5) is 17.4. The van der Waals surface area contributed by atoms with Crippen molar-refractivity contribution < 1.29 is 9.53 Å². The molecule has 0 radical (unpaired) electrons. The van der Waals surface area contributed by atoms with E-state index in [1.165, 1.54) is 12.4 Å². The monoisotopic (exact) mass is 173 g/mol. The number of carbonyl (C=O) groups is 1. The van der Waals surface area contributed by atoms with E-state index in [1.807, 2.05) is 0 Å². The van der Waals surface area contributed by atoms with Crippen molar-refractivity contribution in [2.24, 2.45) is 5.73 Å². The fraction of sp³-hybridized carbons (Fsp3) is 0. The van der Waals surface area contributed by atoms with Gasteiger partial charge >= 0.3 is 6.09 Å². The summed E-state index contributed by atoms with van der Waals surface area (Å²) >= 11 is 5.40. The van der Waals surface area contributed by atoms with Crippen LogP contribution in [0.25, 0.3) is 0 Å². The summed E-state index contributed by atoms with van der Waals surface area (Å²) in [6, 6.07) is 0. The van der Waals surface area contributed by atoms with Gasteiger partial charge in [0, 0.05) is 0 Å². The third-order valence-electron chi connectivity index (χ3n) is 0.802. The number of hydrogen-bond donors (Lipinski definition) is 1. The van der Waals surface area contributed by atoms with Crippen molar-refractivity contribution >= 4 is 17.7 Å². The number of amides is 1. The number of ether oxygens (including phenoxy) is 1. The maximum atomic E-state index is 10.2. The van der Waals surface area contributed by atoms with Gasteiger partial charge in [-0.2, -0.15) is 0 Å². The van der Waals surface area contributed by atoms with E-state index >= 15 is 0 Å². The first-order valence-corrected chi connectivity index (χ1v) is 3.01. The third kappa shape index (κ3) is 2.38. The molecule has 0 aliphatic heterocycles. The normalized spacial score (nSPS) is 9.18. The minimum absolute atomic E-state index is 0.0295. The highest BCUT2D eigenvalue weighted by molar-refractivity contribution is 6.29. The van der Waals surface area contributed by atoms with E-state index in [2.05, 4.69) is 14.7 Å². The van der Waals surface area contributed by atoms with E-state index in [0.717, 1.165) is 0 Å². The van der Waals surface area contributed by atoms with Crippen LogP contribution in [-0.2, 0) is 0 Å². The molecule has 0 spiro atoms. The third-order valence-corrected chi connectivity index (χ3v) is 0.997. The van der Waals surface area contributed by atoms with Crippen LogP contribution >= 0.6 is 11.6 Å². The Morgan fingerprint density at radius 2 is 2.27 bits per heavy atom. The van der Waals surface area contributed by atoms with E-state index in [4.69, 9.17) is 17.3 Å². The Balaban J connectivity index is 2.74. The van der Waals surface area contributed by atoms with Crippen LogP contribution in [0.1, 0.15) is 0 Å². The molecule has 0 aliphatic rings. The van der Waals surface area contributed by atoms with Crippen molar-refractivity contribution in [1.29, 1.82) is 0 Å². The molecule has 1 amide bonds. The Kier molecular flexibility index (Phi) is 2.22. The zero-order chi connectivity index (χ0) is 8.27. The molecule has 0 atom stereocenters. The Labute approximate surface area is 67.2 Å². The lowest BCUT2D eigenvalue weighted by Gasteiger charge is -1.96. The first kappa shape index (κ1) is 7.74. The molecule has 0 saturated carbocycles. The molecule has 1 aromatic rings. The fourth-order valence-electron chi connectivity index (χ4n) is 0.456. The van der Waals surface area contributed by atoms with Crippen molar-refractivity contribution in [3.63, 3.8) is 0 Å². The average molecular weight is 174 g/mol. The van der Waals surface area contributed by atoms with Gasteiger partial charge < -0.3 is 10.5 Å². The number of aromatic nitrogens is 2. The van der Waals surface area contributed by atoms with Crippen molar-refractivity contribution in [1.82, 2.24) is 9.97 Å². The highest BCUT2D eigenvalue weighted by Crippen LogP contribution is 2.06. The molecule has 1 rings (SSSR count). The van der Waals surface area contributed by atoms with Crippen LogP contribution in [0.2, 0.25) is 5.15 Å². The van der Waals surface area contributed by atoms with Crippen molar-refractivity contribution in [2.75, 3.05) is 0 Å². The zero-order valence-electron chi connectivity index (χ0n) is 5.32. The van der Waals surface area contributed by atoms with Gasteiger partial charge in [-0.05, 0) is 0 Å². The average Bonchev–Trinajstić information content (AvgIpc) is 1.93. The summed E-state index contributed by atoms with van der Waals surface area (Å²) in [5, 5.41) is 0.224. The van der Waals surface area contributed by atoms with E-state index in [1.54, 1.807) is 0 Å². The van der Waals surface area contributed by atoms with Crippen LogP contribution in [0.5, 0.6) is 5.88 Å². The van der Waals surface area contributed by atoms with Gasteiger partial charge in [0.2, 0.25) is 5.88 Å². The first-order valence-electron chi connectivity index (χ1n) is 2.63. The lowest BCUT2D eigenvalue weighted by Crippen LogP contribution is -2.16. The summed E-state index contributed by atoms with van der Waals surface area (Å²) in [6.45, 7) is 0. The molecule has 0 aliphatic carbocycles. The molecule has 0 saturated heterocycles. The summed E-state index contributed by atoms with van der Waals surface area (Å²) in [7, 11) is 0. The lowest BCUT2D eigenvalue weighted by atomic mass is 10.7. The van der Waals surface area contributed by atoms with Crippen LogP contribution in [0, 0.1) is 0 Å². The van der Waals surface area contributed by atoms with Crippen molar-refractivity contribution in [2.45, 2.75) is 0 Å². The van der Waals surface area contributed by atoms with Crippen LogP contribution in [0.3, 0.4) is 0 Å². The SMILES string of the molecule is NC(=O)Oc1cnc(Cl)cn1. The van der Waals surface area contributed by atoms with E-state index < -0.39 is 6.09 Å². The highest BCUT2D eigenvalue weighted by Gasteiger charge is 1.99. The molecule has 11 heavy (non-hydrogen) atoms. The largest absolute Gasteiger partial charge is 0.411 e. The standard InChI is InChI=1S/C5H4ClN3O2/c6-3-1-9-4(2-8-3)11-5(7)10/h1-2H,(H2,7,10). The molecular formula is C5H4ClN3O2. The fourth-order valence-corrected chi connectivity index (χ4v) is 0.554. The first-order chi connectivity index (χ1) is 5.18. The van der Waals surface area contributed by atoms with Crippen LogP contribution < -0.4 is 10.5 Å². The summed E-state index contributed by atoms with van der Waals surface area (Å²) in [6.07, 6.45) is 1.52. The molecule has 58 valence electrons. The Morgan fingerprint density at radius 3 is 2.73 bits per heavy atom. The van der Waals surface area contributed by atoms with E-state index in [0.29, 0.717) is 0 Å². The molecule has 5 nitrogen and oxygen atoms in total. The molecule has 0 fully saturated rings. The number of carbonyl (C=O) groups excluding carboxylic acids is 1. The van der Waals surface area contributed by atoms with Crippen LogP contribution in [0.4, 0.5) is 4.79 Å². The molecule has 1 heterocycles. The summed E-state index contributed by atoms with van der Waals surface area (Å²) in [5.74, 6) is 0.0295. The smallest absolute Gasteiger partial charge is 0.390 e. The topological polar surface area (TPSA) is 78.1 Å². The molecule has 0 unspecified atom stereocenters. The maximum Gasteiger partial charge on any atom is 0.411 e. The highest BCUT2D eigenvalue weighted by atomic mass is 35.5. The Bertz CT molecular complexity index is 261. The number of rotatable bonds is 1. The van der Waals surface area contributed by atoms with Gasteiger partial charge in [0.1, 0.15) is 5.15 Å². The van der Waals surface area contributed by atoms with E-state index in [-0.39, 0.29) is 11.0 Å². The summed E-state index contributed by atoms with van der Waals surface area (Å²) < 4.78 is 4.38. The molecular weight excluding hydrogens is 170 g/mol. The zero-order valence-corrected chi connectivity index (χ0v) is 6.08. The molecule has 6 heteroatoms. The van der Waals surface area contributed by atoms with Crippen LogP contribution in [0.15, 0.2) is 12.4 Å². The van der Waals surface area contributed by atoms with Crippen molar-refractivity contribution in [3.05, 3.63) is 17.5 Å². The van der Waals surface area contributed by atoms with Gasteiger partial charge in [0.15, 0.2) is 0 Å². The second-order valence-electron chi connectivity index (χ2n) is 1.60. The Morgan fingerprint density at radius 1 is 1.55 bits per heavy atom. The Hall–Kier alpha value is -1.36. The predicted molar refractivity (Wildman–Crippen MR) is 37.3 cm³/mol. The second kappa shape index (κ2) is 3.16. The predicted octanol–water partition coefficient (Wildman–Crippen LogP) is 0.588. The maximum absolute atomic E-state index is 10.2. The number of nitrogens with two attached hydrogens (primary N) is 1. The second-order valence-corrected chi connectivity index (χ2v) is 1.99. The molecule has 1 aromatic heterocycles. The van der Waals surface area contributed by atoms with Crippen molar-refractivity contribution in [3.8, 4) is 5.88 Å². The van der Waals surface area contributed by atoms with Gasteiger partial charge in [0.25, 0.3) is 0 Å². The van der Waals surface area contributed by atoms with E-state index in [9.17, 15) is 4.79 Å². The van der Waals surface area contributed by atoms with Gasteiger partial charge in [-0.1, -0.05) is 11.6 Å². The van der Waals surface area contributed by atoms with Gasteiger partial charge in [-0.15, -0.1) is 0 Å². The molecule has 0 bridgehead atoms. The molecule has 2 N–H and O–H groups in total. The lowest BCUT2D eigenvalue weighted by molar-refractivity contribution is 0.209. The minimum atomic E-state index is -0.929. The number of halogens is 1. The van der Waals surface area contributed by atoms with Crippen LogP contribution in [-0.4, -0.2) is 16.1 Å².